The van der Waals surface area contributed by atoms with E-state index in [4.69, 9.17) is 5.11 Å². The number of hydrogen-bond acceptors (Lipinski definition) is 3. The molecule has 0 amide bonds. The van der Waals surface area contributed by atoms with Crippen LogP contribution < -0.4 is 0 Å². The first kappa shape index (κ1) is 10.7. The first-order chi connectivity index (χ1) is 5.97. The Morgan fingerprint density at radius 3 is 2.62 bits per heavy atom. The molecule has 78 valence electrons. The van der Waals surface area contributed by atoms with Crippen molar-refractivity contribution in [1.29, 1.82) is 0 Å². The minimum absolute atomic E-state index is 0.219. The number of likely N-dealkylation sites (tertiary alicyclic amines) is 1. The third-order valence-electron chi connectivity index (χ3n) is 1.92. The van der Waals surface area contributed by atoms with Crippen molar-refractivity contribution in [2.24, 2.45) is 0 Å². The Balaban J connectivity index is 2.07. The number of alkyl halides is 3. The minimum Gasteiger partial charge on any atom is -0.392 e. The van der Waals surface area contributed by atoms with Crippen molar-refractivity contribution in [3.05, 3.63) is 0 Å². The monoisotopic (exact) mass is 199 g/mol. The number of nitrogens with zero attached hydrogens (tertiary/aromatic N) is 1. The molecule has 6 heteroatoms. The zero-order chi connectivity index (χ0) is 9.90. The zero-order valence-corrected chi connectivity index (χ0v) is 7.05. The van der Waals surface area contributed by atoms with E-state index in [-0.39, 0.29) is 13.2 Å². The summed E-state index contributed by atoms with van der Waals surface area (Å²) in [5, 5.41) is 9.05. The second kappa shape index (κ2) is 4.26. The molecule has 13 heavy (non-hydrogen) atoms. The third kappa shape index (κ3) is 4.44. The Morgan fingerprint density at radius 1 is 1.46 bits per heavy atom. The molecule has 1 rings (SSSR count). The van der Waals surface area contributed by atoms with Crippen LogP contribution in [0, 0.1) is 0 Å². The van der Waals surface area contributed by atoms with E-state index in [0.717, 1.165) is 0 Å². The summed E-state index contributed by atoms with van der Waals surface area (Å²) in [4.78, 5) is 1.75. The maximum Gasteiger partial charge on any atom is 0.522 e. The maximum atomic E-state index is 11.5. The van der Waals surface area contributed by atoms with Gasteiger partial charge in [-0.25, -0.2) is 0 Å². The summed E-state index contributed by atoms with van der Waals surface area (Å²) >= 11 is 0. The van der Waals surface area contributed by atoms with Crippen molar-refractivity contribution in [2.45, 2.75) is 18.9 Å². The molecule has 0 aromatic heterocycles. The number of hydrogen-bond donors (Lipinski definition) is 1. The van der Waals surface area contributed by atoms with Gasteiger partial charge in [0, 0.05) is 19.6 Å². The number of aliphatic hydroxyl groups excluding tert-OH is 1. The van der Waals surface area contributed by atoms with Crippen LogP contribution >= 0.6 is 0 Å². The van der Waals surface area contributed by atoms with Gasteiger partial charge in [-0.2, -0.15) is 0 Å². The predicted molar refractivity (Wildman–Crippen MR) is 39.1 cm³/mol. The molecule has 0 aromatic carbocycles. The van der Waals surface area contributed by atoms with Crippen LogP contribution in [0.1, 0.15) is 6.42 Å². The van der Waals surface area contributed by atoms with Crippen LogP contribution in [-0.4, -0.2) is 48.7 Å². The van der Waals surface area contributed by atoms with Crippen LogP contribution in [0.25, 0.3) is 0 Å². The van der Waals surface area contributed by atoms with Crippen LogP contribution in [0.5, 0.6) is 0 Å². The van der Waals surface area contributed by atoms with Crippen LogP contribution in [0.2, 0.25) is 0 Å². The van der Waals surface area contributed by atoms with Crippen molar-refractivity contribution < 1.29 is 23.0 Å². The lowest BCUT2D eigenvalue weighted by Crippen LogP contribution is -2.28. The molecular weight excluding hydrogens is 187 g/mol. The Labute approximate surface area is 74.1 Å². The smallest absolute Gasteiger partial charge is 0.392 e. The fourth-order valence-corrected chi connectivity index (χ4v) is 1.31. The van der Waals surface area contributed by atoms with Crippen molar-refractivity contribution in [3.63, 3.8) is 0 Å². The maximum absolute atomic E-state index is 11.5. The summed E-state index contributed by atoms with van der Waals surface area (Å²) in [7, 11) is 0. The molecule has 1 fully saturated rings. The van der Waals surface area contributed by atoms with E-state index in [1.165, 1.54) is 0 Å². The Hall–Kier alpha value is -0.330. The number of rotatable bonds is 3. The molecule has 1 saturated heterocycles. The summed E-state index contributed by atoms with van der Waals surface area (Å²) in [5.74, 6) is 0. The average molecular weight is 199 g/mol. The van der Waals surface area contributed by atoms with Gasteiger partial charge < -0.3 is 5.11 Å². The molecule has 1 atom stereocenters. The first-order valence-electron chi connectivity index (χ1n) is 4.08. The molecule has 1 N–H and O–H groups in total. The largest absolute Gasteiger partial charge is 0.522 e. The molecule has 3 nitrogen and oxygen atoms in total. The summed E-state index contributed by atoms with van der Waals surface area (Å²) in [6.45, 7) is 0.941. The highest BCUT2D eigenvalue weighted by Gasteiger charge is 2.29. The van der Waals surface area contributed by atoms with Gasteiger partial charge in [0.05, 0.1) is 12.7 Å². The fraction of sp³-hybridized carbons (Fsp3) is 1.00. The van der Waals surface area contributed by atoms with Crippen LogP contribution in [0.3, 0.4) is 0 Å². The molecule has 1 aliphatic rings. The normalized spacial score (nSPS) is 25.4. The number of β-amino-alcohol motifs (C(OH)–C–C–N with tert-alkyl or cyclic N) is 1. The van der Waals surface area contributed by atoms with Gasteiger partial charge in [0.1, 0.15) is 0 Å². The number of aliphatic hydroxyl groups is 1. The quantitative estimate of drug-likeness (QED) is 0.722. The number of halogens is 3. The zero-order valence-electron chi connectivity index (χ0n) is 7.05. The van der Waals surface area contributed by atoms with E-state index in [0.29, 0.717) is 19.5 Å². The Morgan fingerprint density at radius 2 is 2.15 bits per heavy atom. The molecule has 0 saturated carbocycles. The van der Waals surface area contributed by atoms with Gasteiger partial charge in [0.15, 0.2) is 0 Å². The highest BCUT2D eigenvalue weighted by Crippen LogP contribution is 2.16. The van der Waals surface area contributed by atoms with Crippen LogP contribution in [0.4, 0.5) is 13.2 Å². The Kier molecular flexibility index (Phi) is 3.52. The van der Waals surface area contributed by atoms with Crippen molar-refractivity contribution in [2.75, 3.05) is 26.2 Å². The summed E-state index contributed by atoms with van der Waals surface area (Å²) < 4.78 is 38.2. The SMILES string of the molecule is O[C@@H]1CCN(CCOC(F)(F)F)C1. The highest BCUT2D eigenvalue weighted by atomic mass is 19.4. The molecule has 1 heterocycles. The van der Waals surface area contributed by atoms with Crippen LogP contribution in [0.15, 0.2) is 0 Å². The lowest BCUT2D eigenvalue weighted by atomic mass is 10.3. The molecule has 0 aromatic rings. The second-order valence-corrected chi connectivity index (χ2v) is 3.04. The van der Waals surface area contributed by atoms with E-state index in [1.54, 1.807) is 4.90 Å². The van der Waals surface area contributed by atoms with Gasteiger partial charge in [-0.3, -0.25) is 9.64 Å². The van der Waals surface area contributed by atoms with E-state index < -0.39 is 12.5 Å². The fourth-order valence-electron chi connectivity index (χ4n) is 1.31. The van der Waals surface area contributed by atoms with Gasteiger partial charge in [-0.05, 0) is 6.42 Å². The van der Waals surface area contributed by atoms with Crippen molar-refractivity contribution in [1.82, 2.24) is 4.90 Å². The number of ether oxygens (including phenoxy) is 1. The standard InChI is InChI=1S/C7H12F3NO2/c8-7(9,10)13-4-3-11-2-1-6(12)5-11/h6,12H,1-5H2/t6-/m1/s1. The minimum atomic E-state index is -4.54. The molecular formula is C7H12F3NO2. The van der Waals surface area contributed by atoms with E-state index in [2.05, 4.69) is 4.74 Å². The second-order valence-electron chi connectivity index (χ2n) is 3.04. The molecule has 1 aliphatic heterocycles. The highest BCUT2D eigenvalue weighted by molar-refractivity contribution is 4.73. The molecule has 0 spiro atoms. The Bertz CT molecular complexity index is 162. The molecule has 0 radical (unpaired) electrons. The van der Waals surface area contributed by atoms with Gasteiger partial charge in [0.2, 0.25) is 0 Å². The van der Waals surface area contributed by atoms with Crippen LogP contribution in [-0.2, 0) is 4.74 Å². The van der Waals surface area contributed by atoms with E-state index in [9.17, 15) is 13.2 Å². The van der Waals surface area contributed by atoms with Crippen molar-refractivity contribution >= 4 is 0 Å². The lowest BCUT2D eigenvalue weighted by Gasteiger charge is -2.15. The first-order valence-corrected chi connectivity index (χ1v) is 4.08. The summed E-state index contributed by atoms with van der Waals surface area (Å²) in [6, 6.07) is 0. The molecule has 0 aliphatic carbocycles. The lowest BCUT2D eigenvalue weighted by molar-refractivity contribution is -0.324. The van der Waals surface area contributed by atoms with Gasteiger partial charge in [-0.1, -0.05) is 0 Å². The molecule has 0 bridgehead atoms. The molecule has 0 unspecified atom stereocenters. The van der Waals surface area contributed by atoms with E-state index in [1.807, 2.05) is 0 Å². The van der Waals surface area contributed by atoms with Gasteiger partial charge >= 0.3 is 6.36 Å². The summed E-state index contributed by atoms with van der Waals surface area (Å²) in [6.07, 6.45) is -4.31. The van der Waals surface area contributed by atoms with Gasteiger partial charge in [0.25, 0.3) is 0 Å². The topological polar surface area (TPSA) is 32.7 Å². The van der Waals surface area contributed by atoms with E-state index >= 15 is 0 Å². The third-order valence-corrected chi connectivity index (χ3v) is 1.92. The predicted octanol–water partition coefficient (Wildman–Crippen LogP) is 0.589. The van der Waals surface area contributed by atoms with Crippen molar-refractivity contribution in [3.8, 4) is 0 Å². The summed E-state index contributed by atoms with van der Waals surface area (Å²) in [5.41, 5.74) is 0. The average Bonchev–Trinajstić information content (AvgIpc) is 2.33. The van der Waals surface area contributed by atoms with Gasteiger partial charge in [-0.15, -0.1) is 13.2 Å².